The molecule has 2 heterocycles. The lowest BCUT2D eigenvalue weighted by molar-refractivity contribution is -0.122. The van der Waals surface area contributed by atoms with Crippen molar-refractivity contribution in [3.8, 4) is 17.2 Å². The van der Waals surface area contributed by atoms with Gasteiger partial charge in [0.1, 0.15) is 5.02 Å². The van der Waals surface area contributed by atoms with Crippen molar-refractivity contribution in [2.24, 2.45) is 11.8 Å². The summed E-state index contributed by atoms with van der Waals surface area (Å²) in [5.41, 5.74) is 2.22. The summed E-state index contributed by atoms with van der Waals surface area (Å²) >= 11 is 19.3. The molecule has 3 aromatic carbocycles. The Morgan fingerprint density at radius 1 is 0.760 bits per heavy atom. The quantitative estimate of drug-likeness (QED) is 0.125. The van der Waals surface area contributed by atoms with Gasteiger partial charge in [-0.1, -0.05) is 71.2 Å². The molecule has 0 bridgehead atoms. The molecule has 1 aliphatic heterocycles. The minimum Gasteiger partial charge on any atom is -0.493 e. The zero-order chi connectivity index (χ0) is 35.6. The van der Waals surface area contributed by atoms with Gasteiger partial charge in [-0.25, -0.2) is 4.98 Å². The monoisotopic (exact) mass is 740 g/mol. The van der Waals surface area contributed by atoms with Crippen LogP contribution in [0.1, 0.15) is 30.4 Å². The summed E-state index contributed by atoms with van der Waals surface area (Å²) in [4.78, 5) is 37.6. The van der Waals surface area contributed by atoms with Gasteiger partial charge in [0, 0.05) is 49.1 Å². The number of carbonyl (C=O) groups excluding carboxylic acids is 2. The van der Waals surface area contributed by atoms with E-state index in [1.165, 1.54) is 20.4 Å². The summed E-state index contributed by atoms with van der Waals surface area (Å²) in [7, 11) is 4.60. The standard InChI is InChI=1S/C36H39Cl3N6O5/c1-48-30-13-12-29(33(49-2)34(30)50-3)43-36-42-19-28(39)35(44-36)45-20-22(15-31(46)40-17-24-8-4-6-10-26(24)37)14-23(21-45)16-32(47)41-18-25-9-5-7-11-27(25)38/h4-13,19,22-23H,14-18,20-21H2,1-3H3,(H,40,46)(H,41,47)(H,42,43,44)/t22-,23+. The van der Waals surface area contributed by atoms with Crippen molar-refractivity contribution < 1.29 is 23.8 Å². The molecule has 1 fully saturated rings. The number of hydrogen-bond acceptors (Lipinski definition) is 9. The number of amides is 2. The molecule has 0 aliphatic carbocycles. The minimum absolute atomic E-state index is 0.0928. The van der Waals surface area contributed by atoms with Crippen LogP contribution in [-0.4, -0.2) is 56.2 Å². The van der Waals surface area contributed by atoms with Gasteiger partial charge in [-0.3, -0.25) is 9.59 Å². The smallest absolute Gasteiger partial charge is 0.229 e. The van der Waals surface area contributed by atoms with Gasteiger partial charge in [-0.05, 0) is 53.6 Å². The van der Waals surface area contributed by atoms with Crippen LogP contribution >= 0.6 is 34.8 Å². The lowest BCUT2D eigenvalue weighted by atomic mass is 9.84. The number of nitrogens with zero attached hydrogens (tertiary/aromatic N) is 3. The SMILES string of the molecule is COc1ccc(Nc2ncc(Cl)c(N3C[C@H](CC(=O)NCc4ccccc4Cl)C[C@H](CC(=O)NCc4ccccc4Cl)C3)n2)c(OC)c1OC. The van der Waals surface area contributed by atoms with Crippen molar-refractivity contribution in [1.29, 1.82) is 0 Å². The third-order valence-electron chi connectivity index (χ3n) is 8.42. The van der Waals surface area contributed by atoms with E-state index < -0.39 is 0 Å². The molecule has 0 unspecified atom stereocenters. The number of nitrogens with one attached hydrogen (secondary N) is 3. The van der Waals surface area contributed by atoms with E-state index in [0.29, 0.717) is 76.4 Å². The average molecular weight is 742 g/mol. The number of ether oxygens (including phenoxy) is 3. The number of rotatable bonds is 14. The van der Waals surface area contributed by atoms with Gasteiger partial charge in [0.2, 0.25) is 23.5 Å². The van der Waals surface area contributed by atoms with Crippen molar-refractivity contribution in [3.63, 3.8) is 0 Å². The van der Waals surface area contributed by atoms with Gasteiger partial charge >= 0.3 is 0 Å². The van der Waals surface area contributed by atoms with Crippen molar-refractivity contribution in [2.45, 2.75) is 32.4 Å². The van der Waals surface area contributed by atoms with Gasteiger partial charge in [0.25, 0.3) is 0 Å². The van der Waals surface area contributed by atoms with E-state index in [0.717, 1.165) is 11.1 Å². The third kappa shape index (κ3) is 9.41. The molecule has 0 spiro atoms. The van der Waals surface area contributed by atoms with E-state index in [9.17, 15) is 9.59 Å². The lowest BCUT2D eigenvalue weighted by Crippen LogP contribution is -2.44. The highest BCUT2D eigenvalue weighted by Crippen LogP contribution is 2.43. The second-order valence-corrected chi connectivity index (χ2v) is 13.1. The first-order valence-electron chi connectivity index (χ1n) is 16.0. The molecule has 4 aromatic rings. The summed E-state index contributed by atoms with van der Waals surface area (Å²) in [5.74, 6) is 1.66. The summed E-state index contributed by atoms with van der Waals surface area (Å²) < 4.78 is 16.5. The predicted octanol–water partition coefficient (Wildman–Crippen LogP) is 7.06. The van der Waals surface area contributed by atoms with Crippen LogP contribution in [0.5, 0.6) is 17.2 Å². The first-order valence-corrected chi connectivity index (χ1v) is 17.2. The number of hydrogen-bond donors (Lipinski definition) is 3. The first kappa shape index (κ1) is 36.8. The van der Waals surface area contributed by atoms with E-state index in [4.69, 9.17) is 54.0 Å². The molecule has 0 saturated carbocycles. The Morgan fingerprint density at radius 2 is 1.32 bits per heavy atom. The van der Waals surface area contributed by atoms with E-state index in [2.05, 4.69) is 20.9 Å². The molecule has 3 N–H and O–H groups in total. The molecule has 1 saturated heterocycles. The molecular formula is C36H39Cl3N6O5. The second-order valence-electron chi connectivity index (χ2n) is 11.9. The van der Waals surface area contributed by atoms with Crippen LogP contribution in [0, 0.1) is 11.8 Å². The number of anilines is 3. The molecule has 11 nitrogen and oxygen atoms in total. The predicted molar refractivity (Wildman–Crippen MR) is 196 cm³/mol. The van der Waals surface area contributed by atoms with Crippen LogP contribution < -0.4 is 35.1 Å². The topological polar surface area (TPSA) is 127 Å². The van der Waals surface area contributed by atoms with E-state index >= 15 is 0 Å². The number of piperidine rings is 1. The molecule has 1 aliphatic rings. The Morgan fingerprint density at radius 3 is 1.84 bits per heavy atom. The van der Waals surface area contributed by atoms with Crippen LogP contribution in [0.25, 0.3) is 0 Å². The Labute approximate surface area is 306 Å². The zero-order valence-corrected chi connectivity index (χ0v) is 30.2. The Hall–Kier alpha value is -4.45. The number of benzene rings is 3. The molecule has 2 atom stereocenters. The maximum absolute atomic E-state index is 13.2. The van der Waals surface area contributed by atoms with Gasteiger partial charge in [0.15, 0.2) is 17.3 Å². The van der Waals surface area contributed by atoms with Gasteiger partial charge in [-0.15, -0.1) is 0 Å². The van der Waals surface area contributed by atoms with Crippen molar-refractivity contribution >= 4 is 64.1 Å². The summed E-state index contributed by atoms with van der Waals surface area (Å²) in [6.45, 7) is 1.62. The highest BCUT2D eigenvalue weighted by molar-refractivity contribution is 6.33. The fourth-order valence-corrected chi connectivity index (χ4v) is 6.70. The highest BCUT2D eigenvalue weighted by Gasteiger charge is 2.32. The minimum atomic E-state index is -0.115. The fourth-order valence-electron chi connectivity index (χ4n) is 6.09. The Balaban J connectivity index is 1.34. The largest absolute Gasteiger partial charge is 0.493 e. The van der Waals surface area contributed by atoms with Crippen LogP contribution in [0.15, 0.2) is 66.9 Å². The average Bonchev–Trinajstić information content (AvgIpc) is 3.11. The third-order valence-corrected chi connectivity index (χ3v) is 9.42. The fraction of sp³-hybridized carbons (Fsp3) is 0.333. The molecular weight excluding hydrogens is 703 g/mol. The summed E-state index contributed by atoms with van der Waals surface area (Å²) in [5, 5.41) is 10.7. The number of carbonyl (C=O) groups is 2. The van der Waals surface area contributed by atoms with Crippen molar-refractivity contribution in [2.75, 3.05) is 44.6 Å². The highest BCUT2D eigenvalue weighted by atomic mass is 35.5. The number of methoxy groups -OCH3 is 3. The van der Waals surface area contributed by atoms with E-state index in [1.807, 2.05) is 41.3 Å². The molecule has 50 heavy (non-hydrogen) atoms. The number of aromatic nitrogens is 2. The summed E-state index contributed by atoms with van der Waals surface area (Å²) in [6.07, 6.45) is 2.67. The number of halogens is 3. The van der Waals surface area contributed by atoms with Crippen LogP contribution in [0.4, 0.5) is 17.5 Å². The van der Waals surface area contributed by atoms with Crippen LogP contribution in [0.3, 0.4) is 0 Å². The van der Waals surface area contributed by atoms with Gasteiger partial charge < -0.3 is 35.1 Å². The Bertz CT molecular complexity index is 1740. The van der Waals surface area contributed by atoms with E-state index in [1.54, 1.807) is 31.4 Å². The summed E-state index contributed by atoms with van der Waals surface area (Å²) in [6, 6.07) is 18.3. The van der Waals surface area contributed by atoms with E-state index in [-0.39, 0.29) is 42.4 Å². The first-order chi connectivity index (χ1) is 24.2. The molecule has 264 valence electrons. The molecule has 1 aromatic heterocycles. The maximum Gasteiger partial charge on any atom is 0.229 e. The molecule has 2 amide bonds. The van der Waals surface area contributed by atoms with Gasteiger partial charge in [0.05, 0.1) is 33.2 Å². The second kappa shape index (κ2) is 17.5. The lowest BCUT2D eigenvalue weighted by Gasteiger charge is -2.38. The van der Waals surface area contributed by atoms with Gasteiger partial charge in [-0.2, -0.15) is 4.98 Å². The molecule has 14 heteroatoms. The molecule has 0 radical (unpaired) electrons. The molecule has 5 rings (SSSR count). The van der Waals surface area contributed by atoms with Crippen LogP contribution in [0.2, 0.25) is 15.1 Å². The maximum atomic E-state index is 13.2. The van der Waals surface area contributed by atoms with Crippen molar-refractivity contribution in [1.82, 2.24) is 20.6 Å². The zero-order valence-electron chi connectivity index (χ0n) is 28.0. The van der Waals surface area contributed by atoms with Crippen LogP contribution in [-0.2, 0) is 22.7 Å². The normalized spacial score (nSPS) is 15.6. The van der Waals surface area contributed by atoms with Crippen molar-refractivity contribution in [3.05, 3.63) is 93.1 Å². The Kier molecular flexibility index (Phi) is 12.9.